The van der Waals surface area contributed by atoms with Crippen LogP contribution >= 0.6 is 23.2 Å². The van der Waals surface area contributed by atoms with E-state index in [1.807, 2.05) is 36.2 Å². The summed E-state index contributed by atoms with van der Waals surface area (Å²) >= 11 is 12.4. The number of hydrogen-bond acceptors (Lipinski definition) is 4. The molecule has 0 aromatic heterocycles. The van der Waals surface area contributed by atoms with Gasteiger partial charge in [-0.2, -0.15) is 0 Å². The van der Waals surface area contributed by atoms with Gasteiger partial charge in [-0.1, -0.05) is 59.6 Å². The Balaban J connectivity index is 1.66. The van der Waals surface area contributed by atoms with Gasteiger partial charge >= 0.3 is 0 Å². The Labute approximate surface area is 217 Å². The molecule has 3 aromatic carbocycles. The van der Waals surface area contributed by atoms with Crippen molar-refractivity contribution in [1.82, 2.24) is 15.1 Å². The number of hydrogen-bond donors (Lipinski definition) is 2. The Morgan fingerprint density at radius 3 is 2.34 bits per heavy atom. The number of amides is 1. The van der Waals surface area contributed by atoms with E-state index in [2.05, 4.69) is 28.4 Å². The molecule has 184 valence electrons. The second kappa shape index (κ2) is 11.4. The summed E-state index contributed by atoms with van der Waals surface area (Å²) in [7, 11) is 3.65. The molecule has 0 spiro atoms. The Bertz CT molecular complexity index is 1160. The molecule has 3 aromatic rings. The van der Waals surface area contributed by atoms with Crippen LogP contribution < -0.4 is 5.32 Å². The third kappa shape index (κ3) is 5.99. The van der Waals surface area contributed by atoms with Crippen LogP contribution in [-0.2, 0) is 4.79 Å². The SMILES string of the molecule is CNC(C(=O)N(C)C(CN1CCCC1)c1cccc(-c2ccc(O)cc2)c1)c1ccc(Cl)c(Cl)c1. The first-order valence-corrected chi connectivity index (χ1v) is 12.6. The molecule has 1 aliphatic heterocycles. The van der Waals surface area contributed by atoms with E-state index < -0.39 is 6.04 Å². The van der Waals surface area contributed by atoms with Crippen LogP contribution in [-0.4, -0.2) is 54.5 Å². The van der Waals surface area contributed by atoms with E-state index in [1.165, 1.54) is 12.8 Å². The number of likely N-dealkylation sites (N-methyl/N-ethyl adjacent to an activating group) is 2. The fraction of sp³-hybridized carbons (Fsp3) is 0.321. The van der Waals surface area contributed by atoms with Gasteiger partial charge in [0.2, 0.25) is 5.91 Å². The Morgan fingerprint density at radius 2 is 1.69 bits per heavy atom. The summed E-state index contributed by atoms with van der Waals surface area (Å²) in [5.74, 6) is 0.202. The molecule has 0 aliphatic carbocycles. The van der Waals surface area contributed by atoms with Gasteiger partial charge in [0.1, 0.15) is 11.8 Å². The van der Waals surface area contributed by atoms with E-state index in [0.717, 1.165) is 41.9 Å². The highest BCUT2D eigenvalue weighted by Gasteiger charge is 2.30. The van der Waals surface area contributed by atoms with Crippen LogP contribution in [0.3, 0.4) is 0 Å². The first-order valence-electron chi connectivity index (χ1n) is 11.9. The standard InChI is InChI=1S/C28H31Cl2N3O2/c1-31-27(22-10-13-24(29)25(30)17-22)28(35)32(2)26(18-33-14-3-4-15-33)21-7-5-6-20(16-21)19-8-11-23(34)12-9-19/h5-13,16-17,26-27,31,34H,3-4,14-15,18H2,1-2H3. The molecule has 2 atom stereocenters. The monoisotopic (exact) mass is 511 g/mol. The van der Waals surface area contributed by atoms with Crippen LogP contribution in [0.15, 0.2) is 66.7 Å². The fourth-order valence-corrected chi connectivity index (χ4v) is 5.03. The van der Waals surface area contributed by atoms with Crippen LogP contribution in [0.1, 0.15) is 36.1 Å². The van der Waals surface area contributed by atoms with Crippen LogP contribution in [0.2, 0.25) is 10.0 Å². The zero-order chi connectivity index (χ0) is 24.9. The van der Waals surface area contributed by atoms with Crippen molar-refractivity contribution in [3.8, 4) is 16.9 Å². The molecule has 1 saturated heterocycles. The second-order valence-electron chi connectivity index (χ2n) is 9.04. The molecule has 5 nitrogen and oxygen atoms in total. The van der Waals surface area contributed by atoms with Gasteiger partial charge in [-0.3, -0.25) is 4.79 Å². The average Bonchev–Trinajstić information content (AvgIpc) is 3.38. The molecule has 1 amide bonds. The summed E-state index contributed by atoms with van der Waals surface area (Å²) in [6.07, 6.45) is 2.36. The average molecular weight is 512 g/mol. The third-order valence-corrected chi connectivity index (χ3v) is 7.47. The van der Waals surface area contributed by atoms with Gasteiger partial charge in [0.15, 0.2) is 0 Å². The van der Waals surface area contributed by atoms with Crippen molar-refractivity contribution < 1.29 is 9.90 Å². The van der Waals surface area contributed by atoms with Crippen molar-refractivity contribution in [3.05, 3.63) is 87.9 Å². The van der Waals surface area contributed by atoms with Crippen molar-refractivity contribution >= 4 is 29.1 Å². The molecule has 35 heavy (non-hydrogen) atoms. The van der Waals surface area contributed by atoms with Gasteiger partial charge in [0.25, 0.3) is 0 Å². The molecule has 1 fully saturated rings. The van der Waals surface area contributed by atoms with Crippen molar-refractivity contribution in [3.63, 3.8) is 0 Å². The van der Waals surface area contributed by atoms with E-state index in [1.54, 1.807) is 31.3 Å². The molecule has 1 aliphatic rings. The summed E-state index contributed by atoms with van der Waals surface area (Å²) in [6, 6.07) is 20.1. The van der Waals surface area contributed by atoms with Crippen molar-refractivity contribution in [2.75, 3.05) is 33.7 Å². The number of likely N-dealkylation sites (tertiary alicyclic amines) is 1. The number of carbonyl (C=O) groups excluding carboxylic acids is 1. The van der Waals surface area contributed by atoms with Gasteiger partial charge in [0.05, 0.1) is 16.1 Å². The highest BCUT2D eigenvalue weighted by atomic mass is 35.5. The van der Waals surface area contributed by atoms with Gasteiger partial charge in [-0.05, 0) is 85.6 Å². The quantitative estimate of drug-likeness (QED) is 0.393. The molecule has 2 unspecified atom stereocenters. The van der Waals surface area contributed by atoms with Gasteiger partial charge in [-0.15, -0.1) is 0 Å². The molecule has 2 N–H and O–H groups in total. The minimum absolute atomic E-state index is 0.0369. The third-order valence-electron chi connectivity index (χ3n) is 6.73. The van der Waals surface area contributed by atoms with Gasteiger partial charge in [0, 0.05) is 13.6 Å². The van der Waals surface area contributed by atoms with Crippen LogP contribution in [0.4, 0.5) is 0 Å². The molecule has 4 rings (SSSR count). The maximum absolute atomic E-state index is 13.8. The van der Waals surface area contributed by atoms with Crippen molar-refractivity contribution in [2.45, 2.75) is 24.9 Å². The van der Waals surface area contributed by atoms with E-state index in [4.69, 9.17) is 23.2 Å². The maximum atomic E-state index is 13.8. The lowest BCUT2D eigenvalue weighted by molar-refractivity contribution is -0.134. The fourth-order valence-electron chi connectivity index (χ4n) is 4.72. The molecular weight excluding hydrogens is 481 g/mol. The summed E-state index contributed by atoms with van der Waals surface area (Å²) in [4.78, 5) is 18.1. The number of aromatic hydroxyl groups is 1. The van der Waals surface area contributed by atoms with Crippen molar-refractivity contribution in [1.29, 1.82) is 0 Å². The van der Waals surface area contributed by atoms with E-state index in [-0.39, 0.29) is 17.7 Å². The topological polar surface area (TPSA) is 55.8 Å². The molecule has 0 saturated carbocycles. The summed E-state index contributed by atoms with van der Waals surface area (Å²) in [5.41, 5.74) is 3.91. The molecule has 1 heterocycles. The summed E-state index contributed by atoms with van der Waals surface area (Å²) in [5, 5.41) is 13.7. The molecular formula is C28H31Cl2N3O2. The van der Waals surface area contributed by atoms with Gasteiger partial charge < -0.3 is 20.2 Å². The Hall–Kier alpha value is -2.57. The number of carbonyl (C=O) groups is 1. The first kappa shape index (κ1) is 25.5. The Kier molecular flexibility index (Phi) is 8.34. The number of rotatable bonds is 8. The largest absolute Gasteiger partial charge is 0.508 e. The summed E-state index contributed by atoms with van der Waals surface area (Å²) < 4.78 is 0. The van der Waals surface area contributed by atoms with E-state index in [9.17, 15) is 9.90 Å². The van der Waals surface area contributed by atoms with Crippen LogP contribution in [0.25, 0.3) is 11.1 Å². The normalized spacial score (nSPS) is 15.7. The number of halogens is 2. The second-order valence-corrected chi connectivity index (χ2v) is 9.85. The first-order chi connectivity index (χ1) is 16.9. The number of benzene rings is 3. The molecule has 0 bridgehead atoms. The number of phenolic OH excluding ortho intramolecular Hbond substituents is 1. The minimum Gasteiger partial charge on any atom is -0.508 e. The maximum Gasteiger partial charge on any atom is 0.244 e. The Morgan fingerprint density at radius 1 is 0.971 bits per heavy atom. The van der Waals surface area contributed by atoms with E-state index >= 15 is 0 Å². The molecule has 7 heteroatoms. The predicted octanol–water partition coefficient (Wildman–Crippen LogP) is 5.92. The molecule has 0 radical (unpaired) electrons. The number of nitrogens with one attached hydrogen (secondary N) is 1. The number of nitrogens with zero attached hydrogens (tertiary/aromatic N) is 2. The zero-order valence-electron chi connectivity index (χ0n) is 20.0. The van der Waals surface area contributed by atoms with Crippen LogP contribution in [0.5, 0.6) is 5.75 Å². The lowest BCUT2D eigenvalue weighted by Crippen LogP contribution is -2.43. The lowest BCUT2D eigenvalue weighted by atomic mass is 9.97. The van der Waals surface area contributed by atoms with E-state index in [0.29, 0.717) is 10.0 Å². The van der Waals surface area contributed by atoms with Crippen molar-refractivity contribution in [2.24, 2.45) is 0 Å². The smallest absolute Gasteiger partial charge is 0.244 e. The number of phenols is 1. The van der Waals surface area contributed by atoms with Gasteiger partial charge in [-0.25, -0.2) is 0 Å². The summed E-state index contributed by atoms with van der Waals surface area (Å²) in [6.45, 7) is 2.84. The highest BCUT2D eigenvalue weighted by molar-refractivity contribution is 6.42. The predicted molar refractivity (Wildman–Crippen MR) is 143 cm³/mol. The highest BCUT2D eigenvalue weighted by Crippen LogP contribution is 2.31. The minimum atomic E-state index is -0.545. The van der Waals surface area contributed by atoms with Crippen LogP contribution in [0, 0.1) is 0 Å². The zero-order valence-corrected chi connectivity index (χ0v) is 21.6. The lowest BCUT2D eigenvalue weighted by Gasteiger charge is -2.34.